The average Bonchev–Trinajstić information content (AvgIpc) is 3.45. The quantitative estimate of drug-likeness (QED) is 0.657. The van der Waals surface area contributed by atoms with Crippen molar-refractivity contribution in [2.45, 2.75) is 43.9 Å². The maximum atomic E-state index is 13.8. The van der Waals surface area contributed by atoms with Gasteiger partial charge in [0.2, 0.25) is 0 Å². The first-order chi connectivity index (χ1) is 16.5. The fourth-order valence-electron chi connectivity index (χ4n) is 5.43. The van der Waals surface area contributed by atoms with Crippen LogP contribution in [-0.2, 0) is 21.6 Å². The van der Waals surface area contributed by atoms with E-state index in [0.29, 0.717) is 50.3 Å². The number of nitrogens with zero attached hydrogens (tertiary/aromatic N) is 3. The highest BCUT2D eigenvalue weighted by atomic mass is 19.2. The lowest BCUT2D eigenvalue weighted by molar-refractivity contribution is -0.135. The molecular weight excluding hydrogens is 442 g/mol. The highest BCUT2D eigenvalue weighted by molar-refractivity contribution is 6.07. The Balaban J connectivity index is 1.35. The average molecular weight is 471 g/mol. The summed E-state index contributed by atoms with van der Waals surface area (Å²) in [5.41, 5.74) is 0.0254. The number of hydrogen-bond donors (Lipinski definition) is 1. The molecule has 0 aliphatic carbocycles. The van der Waals surface area contributed by atoms with Crippen molar-refractivity contribution >= 4 is 11.9 Å². The van der Waals surface area contributed by atoms with Crippen molar-refractivity contribution in [2.24, 2.45) is 5.92 Å². The van der Waals surface area contributed by atoms with Crippen molar-refractivity contribution in [1.29, 1.82) is 0 Å². The number of rotatable bonds is 6. The number of imide groups is 1. The van der Waals surface area contributed by atoms with Crippen LogP contribution in [-0.4, -0.2) is 59.1 Å². The molecule has 34 heavy (non-hydrogen) atoms. The molecule has 9 heteroatoms. The second kappa shape index (κ2) is 9.38. The molecule has 180 valence electrons. The van der Waals surface area contributed by atoms with Crippen molar-refractivity contribution in [2.75, 3.05) is 26.2 Å². The number of pyridine rings is 1. The number of hydrogen-bond acceptors (Lipinski definition) is 5. The molecule has 0 spiro atoms. The number of benzene rings is 1. The first kappa shape index (κ1) is 22.9. The molecular formula is C25H28F2N4O3. The molecule has 2 aromatic rings. The Morgan fingerprint density at radius 2 is 1.91 bits per heavy atom. The molecule has 1 N–H and O–H groups in total. The lowest BCUT2D eigenvalue weighted by atomic mass is 9.75. The lowest BCUT2D eigenvalue weighted by Gasteiger charge is -2.40. The minimum absolute atomic E-state index is 0.132. The fourth-order valence-corrected chi connectivity index (χ4v) is 5.43. The highest BCUT2D eigenvalue weighted by Crippen LogP contribution is 2.41. The summed E-state index contributed by atoms with van der Waals surface area (Å²) < 4.78 is 32.5. The van der Waals surface area contributed by atoms with E-state index in [9.17, 15) is 18.4 Å². The Hall–Kier alpha value is -2.91. The van der Waals surface area contributed by atoms with Gasteiger partial charge in [-0.1, -0.05) is 12.1 Å². The number of nitrogens with one attached hydrogen (secondary N) is 1. The zero-order valence-electron chi connectivity index (χ0n) is 18.9. The number of urea groups is 1. The predicted octanol–water partition coefficient (Wildman–Crippen LogP) is 3.20. The number of aromatic nitrogens is 1. The first-order valence-corrected chi connectivity index (χ1v) is 11.8. The molecule has 1 aromatic carbocycles. The van der Waals surface area contributed by atoms with Gasteiger partial charge in [0.25, 0.3) is 5.91 Å². The van der Waals surface area contributed by atoms with Gasteiger partial charge in [-0.25, -0.2) is 13.6 Å². The normalized spacial score (nSPS) is 26.3. The molecule has 3 aliphatic rings. The number of halogens is 2. The van der Waals surface area contributed by atoms with E-state index in [-0.39, 0.29) is 24.5 Å². The SMILES string of the molecule is O=C1N[C@@](c2ccccn2)(C2CCN(Cc3ccc(F)c(F)c3)CC2)C(=O)N1C[C@H]1CCCO1. The number of likely N-dealkylation sites (tertiary alicyclic amines) is 1. The van der Waals surface area contributed by atoms with Crippen LogP contribution in [0.1, 0.15) is 36.9 Å². The number of ether oxygens (including phenoxy) is 1. The summed E-state index contributed by atoms with van der Waals surface area (Å²) in [6.07, 6.45) is 4.57. The Kier molecular flexibility index (Phi) is 6.31. The fraction of sp³-hybridized carbons (Fsp3) is 0.480. The summed E-state index contributed by atoms with van der Waals surface area (Å²) in [5.74, 6) is -2.13. The molecule has 3 saturated heterocycles. The van der Waals surface area contributed by atoms with Crippen LogP contribution in [0.2, 0.25) is 0 Å². The van der Waals surface area contributed by atoms with Crippen molar-refractivity contribution in [1.82, 2.24) is 20.1 Å². The van der Waals surface area contributed by atoms with Gasteiger partial charge in [0.1, 0.15) is 0 Å². The first-order valence-electron chi connectivity index (χ1n) is 11.8. The molecule has 0 unspecified atom stereocenters. The third kappa shape index (κ3) is 4.18. The molecule has 0 radical (unpaired) electrons. The predicted molar refractivity (Wildman–Crippen MR) is 119 cm³/mol. The topological polar surface area (TPSA) is 74.8 Å². The molecule has 4 heterocycles. The van der Waals surface area contributed by atoms with E-state index in [1.807, 2.05) is 6.07 Å². The van der Waals surface area contributed by atoms with Crippen molar-refractivity contribution < 1.29 is 23.1 Å². The number of carbonyl (C=O) groups excluding carboxylic acids is 2. The smallest absolute Gasteiger partial charge is 0.325 e. The third-order valence-corrected chi connectivity index (χ3v) is 7.20. The van der Waals surface area contributed by atoms with E-state index in [1.54, 1.807) is 24.4 Å². The van der Waals surface area contributed by atoms with Crippen LogP contribution in [0.4, 0.5) is 13.6 Å². The van der Waals surface area contributed by atoms with E-state index < -0.39 is 23.2 Å². The van der Waals surface area contributed by atoms with Crippen LogP contribution in [0, 0.1) is 17.6 Å². The maximum Gasteiger partial charge on any atom is 0.325 e. The Morgan fingerprint density at radius 1 is 1.09 bits per heavy atom. The second-order valence-electron chi connectivity index (χ2n) is 9.30. The van der Waals surface area contributed by atoms with Gasteiger partial charge in [0.15, 0.2) is 17.2 Å². The van der Waals surface area contributed by atoms with Crippen molar-refractivity contribution in [3.8, 4) is 0 Å². The van der Waals surface area contributed by atoms with E-state index in [4.69, 9.17) is 4.74 Å². The zero-order valence-corrected chi connectivity index (χ0v) is 18.9. The molecule has 3 aliphatic heterocycles. The Labute approximate surface area is 197 Å². The second-order valence-corrected chi connectivity index (χ2v) is 9.30. The summed E-state index contributed by atoms with van der Waals surface area (Å²) >= 11 is 0. The summed E-state index contributed by atoms with van der Waals surface area (Å²) in [4.78, 5) is 34.7. The van der Waals surface area contributed by atoms with Gasteiger partial charge in [0, 0.05) is 19.3 Å². The monoisotopic (exact) mass is 470 g/mol. The Bertz CT molecular complexity index is 1060. The number of carbonyl (C=O) groups is 2. The van der Waals surface area contributed by atoms with Gasteiger partial charge in [0.05, 0.1) is 18.3 Å². The summed E-state index contributed by atoms with van der Waals surface area (Å²) in [6.45, 7) is 2.70. The van der Waals surface area contributed by atoms with E-state index in [1.165, 1.54) is 11.0 Å². The minimum Gasteiger partial charge on any atom is -0.376 e. The molecule has 2 atom stereocenters. The minimum atomic E-state index is -1.22. The maximum absolute atomic E-state index is 13.8. The molecule has 0 bridgehead atoms. The van der Waals surface area contributed by atoms with Gasteiger partial charge < -0.3 is 10.1 Å². The number of amides is 3. The molecule has 1 aromatic heterocycles. The van der Waals surface area contributed by atoms with Crippen LogP contribution >= 0.6 is 0 Å². The van der Waals surface area contributed by atoms with E-state index >= 15 is 0 Å². The van der Waals surface area contributed by atoms with Crippen LogP contribution in [0.25, 0.3) is 0 Å². The van der Waals surface area contributed by atoms with Gasteiger partial charge in [-0.2, -0.15) is 0 Å². The standard InChI is InChI=1S/C25H28F2N4O3/c26-20-7-6-17(14-21(20)27)15-30-11-8-18(9-12-30)25(22-5-1-2-10-28-22)23(32)31(24(33)29-25)16-19-4-3-13-34-19/h1-2,5-7,10,14,18-19H,3-4,8-9,11-13,15-16H2,(H,29,33)/t19-,25-/m1/s1. The summed E-state index contributed by atoms with van der Waals surface area (Å²) in [5, 5.41) is 3.02. The molecule has 0 saturated carbocycles. The summed E-state index contributed by atoms with van der Waals surface area (Å²) in [7, 11) is 0. The van der Waals surface area contributed by atoms with Crippen LogP contribution < -0.4 is 5.32 Å². The van der Waals surface area contributed by atoms with Crippen molar-refractivity contribution in [3.63, 3.8) is 0 Å². The molecule has 5 rings (SSSR count). The van der Waals surface area contributed by atoms with Crippen molar-refractivity contribution in [3.05, 3.63) is 65.5 Å². The van der Waals surface area contributed by atoms with Gasteiger partial charge in [-0.3, -0.25) is 19.6 Å². The van der Waals surface area contributed by atoms with Gasteiger partial charge in [-0.05, 0) is 74.5 Å². The third-order valence-electron chi connectivity index (χ3n) is 7.20. The van der Waals surface area contributed by atoms with Gasteiger partial charge >= 0.3 is 6.03 Å². The van der Waals surface area contributed by atoms with Gasteiger partial charge in [-0.15, -0.1) is 0 Å². The molecule has 3 amide bonds. The zero-order chi connectivity index (χ0) is 23.7. The largest absolute Gasteiger partial charge is 0.376 e. The lowest BCUT2D eigenvalue weighted by Crippen LogP contribution is -2.54. The molecule has 7 nitrogen and oxygen atoms in total. The van der Waals surface area contributed by atoms with Crippen LogP contribution in [0.5, 0.6) is 0 Å². The summed E-state index contributed by atoms with van der Waals surface area (Å²) in [6, 6.07) is 8.95. The van der Waals surface area contributed by atoms with Crippen LogP contribution in [0.15, 0.2) is 42.6 Å². The Morgan fingerprint density at radius 3 is 2.59 bits per heavy atom. The number of piperidine rings is 1. The van der Waals surface area contributed by atoms with E-state index in [2.05, 4.69) is 15.2 Å². The highest BCUT2D eigenvalue weighted by Gasteiger charge is 2.58. The molecule has 3 fully saturated rings. The van der Waals surface area contributed by atoms with Crippen LogP contribution in [0.3, 0.4) is 0 Å². The van der Waals surface area contributed by atoms with E-state index in [0.717, 1.165) is 18.9 Å².